The van der Waals surface area contributed by atoms with E-state index < -0.39 is 0 Å². The Morgan fingerprint density at radius 3 is 2.54 bits per heavy atom. The van der Waals surface area contributed by atoms with Gasteiger partial charge in [0, 0.05) is 43.9 Å². The Hall–Kier alpha value is -3.70. The van der Waals surface area contributed by atoms with Gasteiger partial charge in [-0.3, -0.25) is 4.90 Å². The number of likely N-dealkylation sites (N-methyl/N-ethyl adjacent to an activating group) is 1. The smallest absolute Gasteiger partial charge is 0.164 e. The second-order valence-corrected chi connectivity index (χ2v) is 10.7. The third kappa shape index (κ3) is 5.16. The zero-order valence-corrected chi connectivity index (χ0v) is 22.9. The van der Waals surface area contributed by atoms with Crippen LogP contribution in [0.5, 0.6) is 5.75 Å². The number of methoxy groups -OCH3 is 1. The molecule has 3 aromatic heterocycles. The van der Waals surface area contributed by atoms with Crippen molar-refractivity contribution in [3.05, 3.63) is 42.0 Å². The van der Waals surface area contributed by atoms with Crippen molar-refractivity contribution in [1.82, 2.24) is 34.7 Å². The van der Waals surface area contributed by atoms with E-state index in [1.165, 1.54) is 19.2 Å². The van der Waals surface area contributed by atoms with Gasteiger partial charge < -0.3 is 25.2 Å². The molecular formula is C28H37N9O2. The van der Waals surface area contributed by atoms with E-state index in [9.17, 15) is 0 Å². The molecule has 4 heterocycles. The molecule has 1 saturated heterocycles. The molecule has 0 radical (unpaired) electrons. The summed E-state index contributed by atoms with van der Waals surface area (Å²) in [4.78, 5) is 14.0. The van der Waals surface area contributed by atoms with Crippen molar-refractivity contribution in [1.29, 1.82) is 0 Å². The Labute approximate surface area is 228 Å². The number of aryl methyl sites for hydroxylation is 1. The van der Waals surface area contributed by atoms with Gasteiger partial charge in [-0.15, -0.1) is 0 Å². The molecule has 0 spiro atoms. The predicted molar refractivity (Wildman–Crippen MR) is 151 cm³/mol. The summed E-state index contributed by atoms with van der Waals surface area (Å²) in [6, 6.07) is 8.86. The number of nitrogens with two attached hydrogens (primary N) is 1. The van der Waals surface area contributed by atoms with Gasteiger partial charge in [0.05, 0.1) is 30.8 Å². The molecule has 3 N–H and O–H groups in total. The standard InChI is InChI=1S/C28H37N9O2/c1-18-14-20(34-39-18)16-30-23-9-4-19(15-24(23)38-3)26-25-27(29)31-17-32-28(25)37(33-26)22-7-5-21(6-8-22)36-12-10-35(2)11-13-36/h4,9,14-15,17,21-22,30H,5-8,10-13,16H2,1-3H3,(H2,29,31,32). The summed E-state index contributed by atoms with van der Waals surface area (Å²) in [6.07, 6.45) is 6.03. The summed E-state index contributed by atoms with van der Waals surface area (Å²) in [5, 5.41) is 13.3. The molecular weight excluding hydrogens is 494 g/mol. The van der Waals surface area contributed by atoms with E-state index >= 15 is 0 Å². The second kappa shape index (κ2) is 10.8. The molecule has 39 heavy (non-hydrogen) atoms. The van der Waals surface area contributed by atoms with Crippen molar-refractivity contribution >= 4 is 22.5 Å². The Morgan fingerprint density at radius 1 is 1.05 bits per heavy atom. The summed E-state index contributed by atoms with van der Waals surface area (Å²) in [5.41, 5.74) is 10.6. The Morgan fingerprint density at radius 2 is 1.82 bits per heavy atom. The van der Waals surface area contributed by atoms with Gasteiger partial charge >= 0.3 is 0 Å². The largest absolute Gasteiger partial charge is 0.495 e. The SMILES string of the molecule is COc1cc(-c2nn(C3CCC(N4CCN(C)CC4)CC3)c3ncnc(N)c23)ccc1NCc1cc(C)on1. The number of piperazine rings is 1. The van der Waals surface area contributed by atoms with E-state index in [2.05, 4.69) is 42.0 Å². The highest BCUT2D eigenvalue weighted by Crippen LogP contribution is 2.39. The quantitative estimate of drug-likeness (QED) is 0.365. The van der Waals surface area contributed by atoms with E-state index in [1.807, 2.05) is 31.2 Å². The first-order chi connectivity index (χ1) is 19.0. The maximum absolute atomic E-state index is 6.41. The molecule has 0 atom stereocenters. The van der Waals surface area contributed by atoms with Crippen LogP contribution in [0.3, 0.4) is 0 Å². The lowest BCUT2D eigenvalue weighted by Gasteiger charge is -2.41. The number of aromatic nitrogens is 5. The third-order valence-corrected chi connectivity index (χ3v) is 8.20. The molecule has 2 aliphatic rings. The Kier molecular flexibility index (Phi) is 7.09. The fraction of sp³-hybridized carbons (Fsp3) is 0.500. The van der Waals surface area contributed by atoms with Crippen LogP contribution < -0.4 is 15.8 Å². The number of rotatable bonds is 7. The van der Waals surface area contributed by atoms with Gasteiger partial charge in [0.15, 0.2) is 5.65 Å². The topological polar surface area (TPSA) is 123 Å². The molecule has 2 fully saturated rings. The minimum Gasteiger partial charge on any atom is -0.495 e. The van der Waals surface area contributed by atoms with Crippen LogP contribution in [0, 0.1) is 6.92 Å². The number of anilines is 2. The second-order valence-electron chi connectivity index (χ2n) is 10.7. The van der Waals surface area contributed by atoms with Crippen LogP contribution in [0.25, 0.3) is 22.3 Å². The van der Waals surface area contributed by atoms with Gasteiger partial charge in [0.1, 0.15) is 35.0 Å². The summed E-state index contributed by atoms with van der Waals surface area (Å²) in [5.74, 6) is 1.93. The van der Waals surface area contributed by atoms with Crippen LogP contribution >= 0.6 is 0 Å². The van der Waals surface area contributed by atoms with E-state index in [-0.39, 0.29) is 6.04 Å². The van der Waals surface area contributed by atoms with E-state index in [4.69, 9.17) is 20.1 Å². The van der Waals surface area contributed by atoms with Gasteiger partial charge in [0.2, 0.25) is 0 Å². The number of hydrogen-bond donors (Lipinski definition) is 2. The highest BCUT2D eigenvalue weighted by molar-refractivity contribution is 5.98. The van der Waals surface area contributed by atoms with E-state index in [0.29, 0.717) is 24.2 Å². The first-order valence-corrected chi connectivity index (χ1v) is 13.8. The maximum atomic E-state index is 6.41. The third-order valence-electron chi connectivity index (χ3n) is 8.20. The molecule has 1 aliphatic carbocycles. The molecule has 6 rings (SSSR count). The summed E-state index contributed by atoms with van der Waals surface area (Å²) < 4.78 is 13.0. The zero-order valence-electron chi connectivity index (χ0n) is 22.9. The number of benzene rings is 1. The molecule has 0 bridgehead atoms. The van der Waals surface area contributed by atoms with Crippen molar-refractivity contribution in [2.24, 2.45) is 0 Å². The van der Waals surface area contributed by atoms with Crippen LogP contribution in [0.4, 0.5) is 11.5 Å². The number of fused-ring (bicyclic) bond motifs is 1. The van der Waals surface area contributed by atoms with E-state index in [0.717, 1.165) is 78.5 Å². The van der Waals surface area contributed by atoms with Crippen molar-refractivity contribution in [3.63, 3.8) is 0 Å². The van der Waals surface area contributed by atoms with Crippen LogP contribution in [-0.2, 0) is 6.54 Å². The molecule has 11 heteroatoms. The molecule has 1 saturated carbocycles. The number of nitrogens with one attached hydrogen (secondary N) is 1. The molecule has 1 aromatic carbocycles. The first kappa shape index (κ1) is 25.6. The number of nitrogen functional groups attached to an aromatic ring is 1. The fourth-order valence-electron chi connectivity index (χ4n) is 5.98. The molecule has 0 amide bonds. The lowest BCUT2D eigenvalue weighted by atomic mass is 9.90. The number of hydrogen-bond acceptors (Lipinski definition) is 10. The van der Waals surface area contributed by atoms with Gasteiger partial charge in [-0.25, -0.2) is 14.6 Å². The molecule has 11 nitrogen and oxygen atoms in total. The first-order valence-electron chi connectivity index (χ1n) is 13.8. The van der Waals surface area contributed by atoms with E-state index in [1.54, 1.807) is 7.11 Å². The van der Waals surface area contributed by atoms with Gasteiger partial charge in [0.25, 0.3) is 0 Å². The van der Waals surface area contributed by atoms with Crippen LogP contribution in [-0.4, -0.2) is 81.1 Å². The zero-order chi connectivity index (χ0) is 26.9. The maximum Gasteiger partial charge on any atom is 0.164 e. The lowest BCUT2D eigenvalue weighted by molar-refractivity contribution is 0.0815. The number of ether oxygens (including phenoxy) is 1. The van der Waals surface area contributed by atoms with Gasteiger partial charge in [-0.1, -0.05) is 11.2 Å². The molecule has 0 unspecified atom stereocenters. The van der Waals surface area contributed by atoms with Crippen molar-refractivity contribution in [2.45, 2.75) is 51.2 Å². The van der Waals surface area contributed by atoms with Crippen LogP contribution in [0.2, 0.25) is 0 Å². The predicted octanol–water partition coefficient (Wildman–Crippen LogP) is 3.72. The summed E-state index contributed by atoms with van der Waals surface area (Å²) >= 11 is 0. The highest BCUT2D eigenvalue weighted by Gasteiger charge is 2.30. The average molecular weight is 532 g/mol. The van der Waals surface area contributed by atoms with Crippen molar-refractivity contribution in [2.75, 3.05) is 51.4 Å². The molecule has 1 aliphatic heterocycles. The van der Waals surface area contributed by atoms with Crippen molar-refractivity contribution < 1.29 is 9.26 Å². The van der Waals surface area contributed by atoms with Gasteiger partial charge in [-0.2, -0.15) is 5.10 Å². The van der Waals surface area contributed by atoms with Crippen molar-refractivity contribution in [3.8, 4) is 17.0 Å². The monoisotopic (exact) mass is 531 g/mol. The minimum atomic E-state index is 0.285. The van der Waals surface area contributed by atoms with Crippen LogP contribution in [0.15, 0.2) is 35.1 Å². The summed E-state index contributed by atoms with van der Waals surface area (Å²) in [6.45, 7) is 7.04. The Balaban J connectivity index is 1.25. The van der Waals surface area contributed by atoms with Crippen LogP contribution in [0.1, 0.15) is 43.2 Å². The molecule has 206 valence electrons. The number of nitrogens with zero attached hydrogens (tertiary/aromatic N) is 7. The average Bonchev–Trinajstić information content (AvgIpc) is 3.56. The van der Waals surface area contributed by atoms with Gasteiger partial charge in [-0.05, 0) is 51.8 Å². The lowest BCUT2D eigenvalue weighted by Crippen LogP contribution is -2.49. The normalized spacial score (nSPS) is 20.9. The fourth-order valence-corrected chi connectivity index (χ4v) is 5.98. The summed E-state index contributed by atoms with van der Waals surface area (Å²) in [7, 11) is 3.87. The highest BCUT2D eigenvalue weighted by atomic mass is 16.5. The minimum absolute atomic E-state index is 0.285. The molecule has 4 aromatic rings. The Bertz CT molecular complexity index is 1430.